The van der Waals surface area contributed by atoms with Crippen LogP contribution in [0.5, 0.6) is 0 Å². The maximum absolute atomic E-state index is 12.0. The van der Waals surface area contributed by atoms with Crippen molar-refractivity contribution in [1.82, 2.24) is 19.7 Å². The Morgan fingerprint density at radius 2 is 2.47 bits per heavy atom. The van der Waals surface area contributed by atoms with Crippen LogP contribution >= 0.6 is 0 Å². The van der Waals surface area contributed by atoms with Crippen LogP contribution in [0.4, 0.5) is 5.69 Å². The number of aromatic amines is 1. The summed E-state index contributed by atoms with van der Waals surface area (Å²) in [6.07, 6.45) is 8.53. The number of anilines is 1. The number of amides is 1. The van der Waals surface area contributed by atoms with Gasteiger partial charge in [0.05, 0.1) is 18.2 Å². The van der Waals surface area contributed by atoms with Crippen molar-refractivity contribution in [1.29, 1.82) is 0 Å². The number of aromatic nitrogens is 4. The molecule has 0 aliphatic carbocycles. The summed E-state index contributed by atoms with van der Waals surface area (Å²) in [4.78, 5) is 16.1. The summed E-state index contributed by atoms with van der Waals surface area (Å²) in [5.41, 5.74) is 1.85. The van der Waals surface area contributed by atoms with Crippen molar-refractivity contribution in [2.45, 2.75) is 19.4 Å². The number of carbonyl (C=O) groups excluding carboxylic acids is 1. The number of imidazole rings is 1. The van der Waals surface area contributed by atoms with Crippen LogP contribution in [0, 0.1) is 5.92 Å². The molecule has 17 heavy (non-hydrogen) atoms. The lowest BCUT2D eigenvalue weighted by atomic mass is 9.95. The van der Waals surface area contributed by atoms with E-state index < -0.39 is 0 Å². The molecule has 0 saturated heterocycles. The van der Waals surface area contributed by atoms with Crippen LogP contribution in [0.25, 0.3) is 0 Å². The highest BCUT2D eigenvalue weighted by molar-refractivity contribution is 5.92. The molecule has 1 amide bonds. The fraction of sp³-hybridized carbons (Fsp3) is 0.364. The second kappa shape index (κ2) is 4.04. The SMILES string of the molecule is O=C(Nc1cn[nH]c1)C1CCn2cncc2C1. The van der Waals surface area contributed by atoms with Gasteiger partial charge in [0.2, 0.25) is 5.91 Å². The molecule has 2 N–H and O–H groups in total. The lowest BCUT2D eigenvalue weighted by molar-refractivity contribution is -0.120. The van der Waals surface area contributed by atoms with Gasteiger partial charge in [-0.1, -0.05) is 0 Å². The molecule has 0 fully saturated rings. The average molecular weight is 231 g/mol. The molecule has 3 rings (SSSR count). The summed E-state index contributed by atoms with van der Waals surface area (Å²) in [7, 11) is 0. The van der Waals surface area contributed by atoms with E-state index in [9.17, 15) is 4.79 Å². The third-order valence-electron chi connectivity index (χ3n) is 3.11. The first-order valence-corrected chi connectivity index (χ1v) is 5.61. The highest BCUT2D eigenvalue weighted by Gasteiger charge is 2.24. The molecule has 1 aliphatic rings. The average Bonchev–Trinajstić information content (AvgIpc) is 2.97. The van der Waals surface area contributed by atoms with Crippen molar-refractivity contribution in [3.8, 4) is 0 Å². The third kappa shape index (κ3) is 1.93. The first kappa shape index (κ1) is 10.1. The summed E-state index contributed by atoms with van der Waals surface area (Å²) in [5.74, 6) is 0.0768. The minimum Gasteiger partial charge on any atom is -0.335 e. The van der Waals surface area contributed by atoms with Crippen molar-refractivity contribution in [2.24, 2.45) is 5.92 Å². The van der Waals surface area contributed by atoms with Gasteiger partial charge in [0, 0.05) is 37.0 Å². The third-order valence-corrected chi connectivity index (χ3v) is 3.11. The number of nitrogens with zero attached hydrogens (tertiary/aromatic N) is 3. The molecule has 3 heterocycles. The van der Waals surface area contributed by atoms with Crippen LogP contribution in [-0.4, -0.2) is 25.7 Å². The van der Waals surface area contributed by atoms with Gasteiger partial charge in [-0.05, 0) is 6.42 Å². The van der Waals surface area contributed by atoms with Gasteiger partial charge in [-0.25, -0.2) is 4.98 Å². The first-order chi connectivity index (χ1) is 8.33. The maximum atomic E-state index is 12.0. The quantitative estimate of drug-likeness (QED) is 0.803. The van der Waals surface area contributed by atoms with Gasteiger partial charge in [0.15, 0.2) is 0 Å². The van der Waals surface area contributed by atoms with Gasteiger partial charge in [-0.15, -0.1) is 0 Å². The van der Waals surface area contributed by atoms with E-state index in [1.54, 1.807) is 12.4 Å². The fourth-order valence-electron chi connectivity index (χ4n) is 2.16. The van der Waals surface area contributed by atoms with E-state index in [0.29, 0.717) is 5.69 Å². The van der Waals surface area contributed by atoms with Crippen molar-refractivity contribution in [3.05, 3.63) is 30.6 Å². The predicted octanol–water partition coefficient (Wildman–Crippen LogP) is 0.807. The number of aryl methyl sites for hydroxylation is 1. The Hall–Kier alpha value is -2.11. The molecule has 6 heteroatoms. The second-order valence-corrected chi connectivity index (χ2v) is 4.24. The summed E-state index contributed by atoms with van der Waals surface area (Å²) in [5, 5.41) is 9.32. The summed E-state index contributed by atoms with van der Waals surface area (Å²) < 4.78 is 2.10. The Bertz CT molecular complexity index is 516. The Kier molecular flexibility index (Phi) is 2.40. The summed E-state index contributed by atoms with van der Waals surface area (Å²) in [6, 6.07) is 0. The normalized spacial score (nSPS) is 18.7. The van der Waals surface area contributed by atoms with Gasteiger partial charge in [0.25, 0.3) is 0 Å². The zero-order chi connectivity index (χ0) is 11.7. The minimum absolute atomic E-state index is 0.0223. The molecule has 2 aromatic rings. The van der Waals surface area contributed by atoms with Gasteiger partial charge < -0.3 is 9.88 Å². The lowest BCUT2D eigenvalue weighted by Crippen LogP contribution is -2.29. The molecule has 6 nitrogen and oxygen atoms in total. The summed E-state index contributed by atoms with van der Waals surface area (Å²) in [6.45, 7) is 0.860. The minimum atomic E-state index is 0.0223. The van der Waals surface area contributed by atoms with Gasteiger partial charge >= 0.3 is 0 Å². The van der Waals surface area contributed by atoms with E-state index in [2.05, 4.69) is 25.1 Å². The van der Waals surface area contributed by atoms with Crippen molar-refractivity contribution in [3.63, 3.8) is 0 Å². The molecule has 0 saturated carbocycles. The van der Waals surface area contributed by atoms with Crippen molar-refractivity contribution in [2.75, 3.05) is 5.32 Å². The number of rotatable bonds is 2. The lowest BCUT2D eigenvalue weighted by Gasteiger charge is -2.22. The number of fused-ring (bicyclic) bond motifs is 1. The van der Waals surface area contributed by atoms with Crippen LogP contribution in [0.3, 0.4) is 0 Å². The molecule has 0 radical (unpaired) electrons. The van der Waals surface area contributed by atoms with Gasteiger partial charge in [-0.3, -0.25) is 9.89 Å². The largest absolute Gasteiger partial charge is 0.335 e. The molecule has 0 bridgehead atoms. The maximum Gasteiger partial charge on any atom is 0.228 e. The second-order valence-electron chi connectivity index (χ2n) is 4.24. The molecule has 0 aromatic carbocycles. The van der Waals surface area contributed by atoms with Crippen LogP contribution in [0.1, 0.15) is 12.1 Å². The molecule has 88 valence electrons. The molecule has 1 unspecified atom stereocenters. The first-order valence-electron chi connectivity index (χ1n) is 5.61. The molecular formula is C11H13N5O. The van der Waals surface area contributed by atoms with E-state index in [1.807, 2.05) is 12.5 Å². The molecular weight excluding hydrogens is 218 g/mol. The smallest absolute Gasteiger partial charge is 0.228 e. The van der Waals surface area contributed by atoms with Crippen LogP contribution < -0.4 is 5.32 Å². The van der Waals surface area contributed by atoms with Crippen molar-refractivity contribution >= 4 is 11.6 Å². The molecule has 1 atom stereocenters. The molecule has 1 aliphatic heterocycles. The van der Waals surface area contributed by atoms with E-state index in [-0.39, 0.29) is 11.8 Å². The van der Waals surface area contributed by atoms with E-state index in [4.69, 9.17) is 0 Å². The van der Waals surface area contributed by atoms with Crippen LogP contribution in [0.2, 0.25) is 0 Å². The monoisotopic (exact) mass is 231 g/mol. The zero-order valence-corrected chi connectivity index (χ0v) is 9.26. The topological polar surface area (TPSA) is 75.6 Å². The number of hydrogen-bond donors (Lipinski definition) is 2. The van der Waals surface area contributed by atoms with Gasteiger partial charge in [0.1, 0.15) is 0 Å². The highest BCUT2D eigenvalue weighted by atomic mass is 16.1. The van der Waals surface area contributed by atoms with E-state index in [1.165, 1.54) is 0 Å². The van der Waals surface area contributed by atoms with Crippen LogP contribution in [0.15, 0.2) is 24.9 Å². The Morgan fingerprint density at radius 1 is 1.53 bits per heavy atom. The Labute approximate surface area is 98.1 Å². The number of nitrogens with one attached hydrogen (secondary N) is 2. The standard InChI is InChI=1S/C11H13N5O/c17-11(15-9-4-13-14-5-9)8-1-2-16-7-12-6-10(16)3-8/h4-8H,1-3H2,(H,13,14)(H,15,17). The number of H-pyrrole nitrogens is 1. The number of carbonyl (C=O) groups is 1. The van der Waals surface area contributed by atoms with Crippen molar-refractivity contribution < 1.29 is 4.79 Å². The Morgan fingerprint density at radius 3 is 3.29 bits per heavy atom. The summed E-state index contributed by atoms with van der Waals surface area (Å²) >= 11 is 0. The molecule has 0 spiro atoms. The van der Waals surface area contributed by atoms with Crippen LogP contribution in [-0.2, 0) is 17.8 Å². The Balaban J connectivity index is 1.68. The van der Waals surface area contributed by atoms with Gasteiger partial charge in [-0.2, -0.15) is 5.10 Å². The zero-order valence-electron chi connectivity index (χ0n) is 9.26. The molecule has 2 aromatic heterocycles. The van der Waals surface area contributed by atoms with E-state index >= 15 is 0 Å². The van der Waals surface area contributed by atoms with E-state index in [0.717, 1.165) is 25.1 Å². The fourth-order valence-corrected chi connectivity index (χ4v) is 2.16. The predicted molar refractivity (Wildman–Crippen MR) is 61.3 cm³/mol. The number of hydrogen-bond acceptors (Lipinski definition) is 3. The highest BCUT2D eigenvalue weighted by Crippen LogP contribution is 2.21.